The fourth-order valence-corrected chi connectivity index (χ4v) is 2.79. The van der Waals surface area contributed by atoms with Gasteiger partial charge in [-0.1, -0.05) is 0 Å². The summed E-state index contributed by atoms with van der Waals surface area (Å²) in [6, 6.07) is 6.09. The molecular weight excluding hydrogens is 361 g/mol. The van der Waals surface area contributed by atoms with Gasteiger partial charge in [0.25, 0.3) is 0 Å². The number of alkyl halides is 3. The predicted octanol–water partition coefficient (Wildman–Crippen LogP) is 4.27. The Balaban J connectivity index is 1.69. The first-order valence-corrected chi connectivity index (χ1v) is 8.50. The monoisotopic (exact) mass is 380 g/mol. The molecule has 27 heavy (non-hydrogen) atoms. The quantitative estimate of drug-likeness (QED) is 0.599. The molecule has 0 saturated heterocycles. The predicted molar refractivity (Wildman–Crippen MR) is 94.1 cm³/mol. The highest BCUT2D eigenvalue weighted by Gasteiger charge is 2.32. The van der Waals surface area contributed by atoms with Crippen LogP contribution in [0, 0.1) is 0 Å². The van der Waals surface area contributed by atoms with Crippen LogP contribution >= 0.6 is 0 Å². The van der Waals surface area contributed by atoms with Crippen LogP contribution in [0.4, 0.5) is 19.1 Å². The van der Waals surface area contributed by atoms with E-state index in [-0.39, 0.29) is 12.1 Å². The summed E-state index contributed by atoms with van der Waals surface area (Å²) >= 11 is 0. The third kappa shape index (κ3) is 5.08. The molecule has 1 aromatic heterocycles. The molecular formula is C18H19F3N4O2. The Kier molecular flexibility index (Phi) is 5.78. The summed E-state index contributed by atoms with van der Waals surface area (Å²) in [5, 5.41) is 3.90. The van der Waals surface area contributed by atoms with Crippen molar-refractivity contribution < 1.29 is 22.6 Å². The van der Waals surface area contributed by atoms with E-state index in [0.29, 0.717) is 17.1 Å². The van der Waals surface area contributed by atoms with E-state index in [2.05, 4.69) is 20.5 Å². The first-order valence-electron chi connectivity index (χ1n) is 8.50. The van der Waals surface area contributed by atoms with Crippen molar-refractivity contribution in [1.82, 2.24) is 9.97 Å². The number of hydrogen-bond donors (Lipinski definition) is 1. The molecule has 1 heterocycles. The maximum Gasteiger partial charge on any atom is 0.433 e. The average Bonchev–Trinajstić information content (AvgIpc) is 3.15. The minimum atomic E-state index is -4.54. The summed E-state index contributed by atoms with van der Waals surface area (Å²) in [5.41, 5.74) is 2.06. The van der Waals surface area contributed by atoms with Crippen LogP contribution < -0.4 is 14.9 Å². The van der Waals surface area contributed by atoms with Gasteiger partial charge < -0.3 is 9.47 Å². The number of hydrogen-bond acceptors (Lipinski definition) is 6. The van der Waals surface area contributed by atoms with Gasteiger partial charge in [-0.2, -0.15) is 18.3 Å². The Hall–Kier alpha value is -2.84. The minimum absolute atomic E-state index is 0.169. The summed E-state index contributed by atoms with van der Waals surface area (Å²) in [7, 11) is 1.57. The number of hydrazone groups is 1. The average molecular weight is 380 g/mol. The zero-order chi connectivity index (χ0) is 19.3. The summed E-state index contributed by atoms with van der Waals surface area (Å²) in [4.78, 5) is 7.10. The molecule has 6 nitrogen and oxygen atoms in total. The Morgan fingerprint density at radius 2 is 1.96 bits per heavy atom. The number of anilines is 1. The highest BCUT2D eigenvalue weighted by molar-refractivity contribution is 5.81. The third-order valence-electron chi connectivity index (χ3n) is 4.11. The fourth-order valence-electron chi connectivity index (χ4n) is 2.79. The zero-order valence-electron chi connectivity index (χ0n) is 14.7. The van der Waals surface area contributed by atoms with Gasteiger partial charge in [0.05, 0.1) is 19.4 Å². The molecule has 0 amide bonds. The smallest absolute Gasteiger partial charge is 0.433 e. The fraction of sp³-hybridized carbons (Fsp3) is 0.389. The van der Waals surface area contributed by atoms with E-state index in [1.807, 2.05) is 0 Å². The molecule has 0 bridgehead atoms. The molecule has 2 aromatic rings. The Bertz CT molecular complexity index is 805. The number of aromatic nitrogens is 2. The maximum absolute atomic E-state index is 12.7. The van der Waals surface area contributed by atoms with Crippen LogP contribution in [-0.4, -0.2) is 29.4 Å². The van der Waals surface area contributed by atoms with E-state index >= 15 is 0 Å². The lowest BCUT2D eigenvalue weighted by molar-refractivity contribution is -0.141. The van der Waals surface area contributed by atoms with Crippen LogP contribution in [-0.2, 0) is 6.18 Å². The second kappa shape index (κ2) is 8.24. The number of rotatable bonds is 6. The lowest BCUT2D eigenvalue weighted by atomic mass is 10.2. The van der Waals surface area contributed by atoms with Crippen molar-refractivity contribution in [3.63, 3.8) is 0 Å². The van der Waals surface area contributed by atoms with Crippen molar-refractivity contribution in [1.29, 1.82) is 0 Å². The minimum Gasteiger partial charge on any atom is -0.493 e. The lowest BCUT2D eigenvalue weighted by Crippen LogP contribution is -2.11. The van der Waals surface area contributed by atoms with Crippen LogP contribution in [0.2, 0.25) is 0 Å². The van der Waals surface area contributed by atoms with Gasteiger partial charge in [0.1, 0.15) is 5.69 Å². The highest BCUT2D eigenvalue weighted by atomic mass is 19.4. The number of nitrogens with one attached hydrogen (secondary N) is 1. The zero-order valence-corrected chi connectivity index (χ0v) is 14.7. The number of ether oxygens (including phenoxy) is 2. The Morgan fingerprint density at radius 3 is 2.67 bits per heavy atom. The van der Waals surface area contributed by atoms with E-state index < -0.39 is 11.9 Å². The van der Waals surface area contributed by atoms with Crippen molar-refractivity contribution in [3.05, 3.63) is 41.7 Å². The van der Waals surface area contributed by atoms with Crippen LogP contribution in [0.3, 0.4) is 0 Å². The van der Waals surface area contributed by atoms with Crippen LogP contribution in [0.5, 0.6) is 11.5 Å². The molecule has 1 aromatic carbocycles. The van der Waals surface area contributed by atoms with Crippen LogP contribution in [0.1, 0.15) is 36.9 Å². The molecule has 0 unspecified atom stereocenters. The summed E-state index contributed by atoms with van der Waals surface area (Å²) in [5.74, 6) is 0.994. The lowest BCUT2D eigenvalue weighted by Gasteiger charge is -2.16. The molecule has 144 valence electrons. The van der Waals surface area contributed by atoms with Gasteiger partial charge in [0, 0.05) is 6.20 Å². The topological polar surface area (TPSA) is 68.6 Å². The van der Waals surface area contributed by atoms with Crippen molar-refractivity contribution in [2.75, 3.05) is 12.5 Å². The van der Waals surface area contributed by atoms with Gasteiger partial charge >= 0.3 is 6.18 Å². The van der Waals surface area contributed by atoms with Crippen molar-refractivity contribution >= 4 is 12.2 Å². The second-order valence-corrected chi connectivity index (χ2v) is 6.07. The maximum atomic E-state index is 12.7. The first-order chi connectivity index (χ1) is 13.0. The molecule has 1 N–H and O–H groups in total. The van der Waals surface area contributed by atoms with Gasteiger partial charge in [-0.3, -0.25) is 0 Å². The Morgan fingerprint density at radius 1 is 1.19 bits per heavy atom. The van der Waals surface area contributed by atoms with Crippen molar-refractivity contribution in [2.45, 2.75) is 38.0 Å². The number of methoxy groups -OCH3 is 1. The van der Waals surface area contributed by atoms with E-state index in [4.69, 9.17) is 9.47 Å². The molecule has 3 rings (SSSR count). The summed E-state index contributed by atoms with van der Waals surface area (Å²) in [6.07, 6.45) is 2.42. The van der Waals surface area contributed by atoms with Gasteiger partial charge in [0.15, 0.2) is 11.5 Å². The number of benzene rings is 1. The molecule has 0 spiro atoms. The van der Waals surface area contributed by atoms with Crippen LogP contribution in [0.15, 0.2) is 35.6 Å². The molecule has 0 aliphatic heterocycles. The molecule has 1 fully saturated rings. The van der Waals surface area contributed by atoms with Gasteiger partial charge in [-0.25, -0.2) is 15.4 Å². The van der Waals surface area contributed by atoms with E-state index in [1.165, 1.54) is 6.21 Å². The molecule has 0 radical (unpaired) electrons. The van der Waals surface area contributed by atoms with Gasteiger partial charge in [-0.15, -0.1) is 0 Å². The first kappa shape index (κ1) is 18.9. The van der Waals surface area contributed by atoms with Gasteiger partial charge in [0.2, 0.25) is 5.95 Å². The van der Waals surface area contributed by atoms with E-state index in [1.54, 1.807) is 25.3 Å². The van der Waals surface area contributed by atoms with Gasteiger partial charge in [-0.05, 0) is 55.5 Å². The normalized spacial score (nSPS) is 15.3. The second-order valence-electron chi connectivity index (χ2n) is 6.07. The highest BCUT2D eigenvalue weighted by Crippen LogP contribution is 2.32. The van der Waals surface area contributed by atoms with Crippen molar-refractivity contribution in [2.24, 2.45) is 5.10 Å². The number of nitrogens with zero attached hydrogens (tertiary/aromatic N) is 3. The van der Waals surface area contributed by atoms with Crippen LogP contribution in [0.25, 0.3) is 0 Å². The SMILES string of the molecule is COc1ccc(/C=N/Nc2nccc(C(F)(F)F)n2)cc1OC1CCCC1. The largest absolute Gasteiger partial charge is 0.493 e. The van der Waals surface area contributed by atoms with E-state index in [0.717, 1.165) is 37.9 Å². The molecule has 1 aliphatic rings. The van der Waals surface area contributed by atoms with Crippen molar-refractivity contribution in [3.8, 4) is 11.5 Å². The molecule has 1 saturated carbocycles. The summed E-state index contributed by atoms with van der Waals surface area (Å²) in [6.45, 7) is 0. The Labute approximate surface area is 154 Å². The summed E-state index contributed by atoms with van der Waals surface area (Å²) < 4.78 is 49.3. The van der Waals surface area contributed by atoms with E-state index in [9.17, 15) is 13.2 Å². The standard InChI is InChI=1S/C18H19F3N4O2/c1-26-14-7-6-12(10-15(14)27-13-4-2-3-5-13)11-23-25-17-22-9-8-16(24-17)18(19,20)21/h6-11,13H,2-5H2,1H3,(H,22,24,25)/b23-11+. The molecule has 0 atom stereocenters. The molecule has 9 heteroatoms. The third-order valence-corrected chi connectivity index (χ3v) is 4.11. The number of halogens is 3. The molecule has 1 aliphatic carbocycles.